The monoisotopic (exact) mass is 758 g/mol. The summed E-state index contributed by atoms with van der Waals surface area (Å²) in [4.78, 5) is 37.4. The third kappa shape index (κ3) is 38.2. The van der Waals surface area contributed by atoms with Gasteiger partial charge in [0.2, 0.25) is 0 Å². The van der Waals surface area contributed by atoms with Gasteiger partial charge in [-0.05, 0) is 44.9 Å². The first-order valence-electron chi connectivity index (χ1n) is 21.0. The van der Waals surface area contributed by atoms with Gasteiger partial charge in [-0.1, -0.05) is 147 Å². The highest BCUT2D eigenvalue weighted by molar-refractivity contribution is 7.45. The van der Waals surface area contributed by atoms with Crippen molar-refractivity contribution in [3.63, 3.8) is 0 Å². The van der Waals surface area contributed by atoms with E-state index in [0.29, 0.717) is 23.9 Å². The smallest absolute Gasteiger partial charge is 0.306 e. The van der Waals surface area contributed by atoms with Crippen LogP contribution in [0.5, 0.6) is 0 Å². The number of esters is 2. The molecule has 0 saturated carbocycles. The Morgan fingerprint density at radius 1 is 0.596 bits per heavy atom. The Kier molecular flexibility index (Phi) is 34.2. The zero-order valence-electron chi connectivity index (χ0n) is 34.3. The van der Waals surface area contributed by atoms with Gasteiger partial charge in [-0.15, -0.1) is 0 Å². The van der Waals surface area contributed by atoms with E-state index in [1.165, 1.54) is 89.9 Å². The normalized spacial score (nSPS) is 13.9. The van der Waals surface area contributed by atoms with E-state index in [9.17, 15) is 19.0 Å². The fourth-order valence-corrected chi connectivity index (χ4v) is 6.35. The average molecular weight is 758 g/mol. The van der Waals surface area contributed by atoms with E-state index in [2.05, 4.69) is 38.2 Å². The van der Waals surface area contributed by atoms with Gasteiger partial charge >= 0.3 is 11.9 Å². The van der Waals surface area contributed by atoms with Gasteiger partial charge in [-0.2, -0.15) is 0 Å². The predicted molar refractivity (Wildman–Crippen MR) is 213 cm³/mol. The number of carbonyl (C=O) groups excluding carboxylic acids is 2. The zero-order valence-corrected chi connectivity index (χ0v) is 35.2. The summed E-state index contributed by atoms with van der Waals surface area (Å²) in [6.45, 7) is 4.18. The van der Waals surface area contributed by atoms with Crippen LogP contribution in [0.25, 0.3) is 0 Å². The summed E-state index contributed by atoms with van der Waals surface area (Å²) in [5.74, 6) is -0.846. The summed E-state index contributed by atoms with van der Waals surface area (Å²) in [6.07, 6.45) is 36.2. The van der Waals surface area contributed by atoms with Crippen molar-refractivity contribution in [1.82, 2.24) is 0 Å². The van der Waals surface area contributed by atoms with Crippen LogP contribution in [-0.4, -0.2) is 70.0 Å². The lowest BCUT2D eigenvalue weighted by atomic mass is 10.0. The summed E-state index contributed by atoms with van der Waals surface area (Å²) in [7, 11) is 1.16. The quantitative estimate of drug-likeness (QED) is 0.0201. The minimum absolute atomic E-state index is 0.0314. The van der Waals surface area contributed by atoms with Gasteiger partial charge in [-0.25, -0.2) is 0 Å². The number of rotatable bonds is 38. The second-order valence-corrected chi connectivity index (χ2v) is 16.8. The first-order chi connectivity index (χ1) is 25.0. The number of unbranched alkanes of at least 4 members (excludes halogenated alkanes) is 20. The Bertz CT molecular complexity index is 949. The lowest BCUT2D eigenvalue weighted by Gasteiger charge is -2.28. The summed E-state index contributed by atoms with van der Waals surface area (Å²) in [5, 5.41) is 0. The van der Waals surface area contributed by atoms with Crippen molar-refractivity contribution in [2.45, 2.75) is 187 Å². The molecule has 0 aliphatic carbocycles. The maximum atomic E-state index is 12.6. The molecule has 0 saturated heterocycles. The first kappa shape index (κ1) is 50.5. The molecule has 0 rings (SSSR count). The molecule has 2 atom stereocenters. The highest BCUT2D eigenvalue weighted by atomic mass is 31.2. The van der Waals surface area contributed by atoms with E-state index in [1.807, 2.05) is 21.1 Å². The van der Waals surface area contributed by atoms with Crippen molar-refractivity contribution in [2.75, 3.05) is 47.5 Å². The Morgan fingerprint density at radius 3 is 1.56 bits per heavy atom. The molecule has 306 valence electrons. The molecule has 0 aromatic heterocycles. The fourth-order valence-electron chi connectivity index (χ4n) is 5.63. The Morgan fingerprint density at radius 2 is 1.04 bits per heavy atom. The van der Waals surface area contributed by atoms with Crippen LogP contribution in [0.4, 0.5) is 0 Å². The molecule has 0 fully saturated rings. The van der Waals surface area contributed by atoms with Crippen LogP contribution < -0.4 is 4.89 Å². The molecule has 0 aliphatic heterocycles. The molecule has 0 aromatic rings. The SMILES string of the molecule is CCCCC/C=C\C/C=C\CCCCCCCC(=O)OC[C@H](COP(=O)([O-])OCC[N+](C)(C)C)OC(=O)CCCCCCCCCCCCCCC. The van der Waals surface area contributed by atoms with Crippen molar-refractivity contribution in [3.05, 3.63) is 24.3 Å². The number of quaternary nitrogens is 1. The number of likely N-dealkylation sites (N-methyl/N-ethyl adjacent to an activating group) is 1. The van der Waals surface area contributed by atoms with Gasteiger partial charge in [0, 0.05) is 12.8 Å². The lowest BCUT2D eigenvalue weighted by molar-refractivity contribution is -0.870. The van der Waals surface area contributed by atoms with Gasteiger partial charge in [0.1, 0.15) is 19.8 Å². The number of ether oxygens (including phenoxy) is 2. The molecule has 10 heteroatoms. The summed E-state index contributed by atoms with van der Waals surface area (Å²) in [5.41, 5.74) is 0. The number of carbonyl (C=O) groups is 2. The van der Waals surface area contributed by atoms with Crippen molar-refractivity contribution in [3.8, 4) is 0 Å². The van der Waals surface area contributed by atoms with E-state index in [1.54, 1.807) is 0 Å². The topological polar surface area (TPSA) is 111 Å². The average Bonchev–Trinajstić information content (AvgIpc) is 3.09. The maximum absolute atomic E-state index is 12.6. The molecular weight excluding hydrogens is 677 g/mol. The molecule has 0 N–H and O–H groups in total. The molecule has 0 aliphatic rings. The molecule has 0 spiro atoms. The standard InChI is InChI=1S/C42H80NO8P/c1-6-8-10-12-14-16-18-20-21-23-24-26-28-30-32-34-41(44)48-38-40(39-50-52(46,47)49-37-36-43(3,4)5)51-42(45)35-33-31-29-27-25-22-19-17-15-13-11-9-7-2/h14,16,20-21,40H,6-13,15,17-19,22-39H2,1-5H3/b16-14-,21-20-/t40-/m1/s1. The van der Waals surface area contributed by atoms with Gasteiger partial charge in [0.05, 0.1) is 27.7 Å². The van der Waals surface area contributed by atoms with Crippen molar-refractivity contribution in [1.29, 1.82) is 0 Å². The van der Waals surface area contributed by atoms with Crippen molar-refractivity contribution in [2.24, 2.45) is 0 Å². The van der Waals surface area contributed by atoms with E-state index in [-0.39, 0.29) is 26.1 Å². The third-order valence-corrected chi connectivity index (χ3v) is 9.94. The van der Waals surface area contributed by atoms with Crippen LogP contribution in [0.3, 0.4) is 0 Å². The van der Waals surface area contributed by atoms with Gasteiger partial charge in [-0.3, -0.25) is 14.2 Å². The lowest BCUT2D eigenvalue weighted by Crippen LogP contribution is -2.37. The van der Waals surface area contributed by atoms with Crippen molar-refractivity contribution >= 4 is 19.8 Å². The van der Waals surface area contributed by atoms with Gasteiger partial charge < -0.3 is 27.9 Å². The van der Waals surface area contributed by atoms with Crippen LogP contribution in [0.2, 0.25) is 0 Å². The van der Waals surface area contributed by atoms with E-state index < -0.39 is 32.5 Å². The Balaban J connectivity index is 4.40. The number of phosphoric acid groups is 1. The van der Waals surface area contributed by atoms with Crippen LogP contribution in [0.1, 0.15) is 181 Å². The molecule has 0 aromatic carbocycles. The first-order valence-corrected chi connectivity index (χ1v) is 22.5. The fraction of sp³-hybridized carbons (Fsp3) is 0.857. The second-order valence-electron chi connectivity index (χ2n) is 15.4. The summed E-state index contributed by atoms with van der Waals surface area (Å²) >= 11 is 0. The van der Waals surface area contributed by atoms with E-state index >= 15 is 0 Å². The molecule has 0 heterocycles. The highest BCUT2D eigenvalue weighted by Crippen LogP contribution is 2.38. The number of hydrogen-bond acceptors (Lipinski definition) is 8. The number of nitrogens with zero attached hydrogens (tertiary/aromatic N) is 1. The summed E-state index contributed by atoms with van der Waals surface area (Å²) < 4.78 is 33.8. The number of hydrogen-bond donors (Lipinski definition) is 0. The second kappa shape index (κ2) is 35.2. The van der Waals surface area contributed by atoms with Crippen LogP contribution >= 0.6 is 7.82 Å². The van der Waals surface area contributed by atoms with Crippen LogP contribution in [0, 0.1) is 0 Å². The summed E-state index contributed by atoms with van der Waals surface area (Å²) in [6, 6.07) is 0. The van der Waals surface area contributed by atoms with E-state index in [0.717, 1.165) is 51.4 Å². The maximum Gasteiger partial charge on any atom is 0.306 e. The number of phosphoric ester groups is 1. The molecule has 9 nitrogen and oxygen atoms in total. The minimum atomic E-state index is -4.62. The van der Waals surface area contributed by atoms with E-state index in [4.69, 9.17) is 18.5 Å². The van der Waals surface area contributed by atoms with Crippen LogP contribution in [0.15, 0.2) is 24.3 Å². The third-order valence-electron chi connectivity index (χ3n) is 8.97. The largest absolute Gasteiger partial charge is 0.756 e. The van der Waals surface area contributed by atoms with Gasteiger partial charge in [0.25, 0.3) is 7.82 Å². The highest BCUT2D eigenvalue weighted by Gasteiger charge is 2.21. The molecule has 52 heavy (non-hydrogen) atoms. The Labute approximate surface area is 319 Å². The molecule has 0 amide bonds. The molecule has 0 radical (unpaired) electrons. The minimum Gasteiger partial charge on any atom is -0.756 e. The number of allylic oxidation sites excluding steroid dienone is 4. The van der Waals surface area contributed by atoms with Crippen LogP contribution in [-0.2, 0) is 32.7 Å². The predicted octanol–water partition coefficient (Wildman–Crippen LogP) is 10.9. The van der Waals surface area contributed by atoms with Gasteiger partial charge in [0.15, 0.2) is 6.10 Å². The molecular formula is C42H80NO8P. The molecule has 1 unspecified atom stereocenters. The van der Waals surface area contributed by atoms with Crippen molar-refractivity contribution < 1.29 is 42.1 Å². The molecule has 0 bridgehead atoms. The zero-order chi connectivity index (χ0) is 38.6. The Hall–Kier alpha value is -1.51.